The van der Waals surface area contributed by atoms with Crippen LogP contribution in [0.25, 0.3) is 0 Å². The maximum absolute atomic E-state index is 12.1. The second-order valence-corrected chi connectivity index (χ2v) is 5.25. The van der Waals surface area contributed by atoms with Gasteiger partial charge in [0.05, 0.1) is 6.04 Å². The molecule has 0 radical (unpaired) electrons. The van der Waals surface area contributed by atoms with Crippen LogP contribution in [0.2, 0.25) is 0 Å². The van der Waals surface area contributed by atoms with E-state index >= 15 is 0 Å². The lowest BCUT2D eigenvalue weighted by Crippen LogP contribution is -2.42. The number of carbonyl (C=O) groups excluding carboxylic acids is 2. The molecular weight excluding hydrogens is 238 g/mol. The van der Waals surface area contributed by atoms with Gasteiger partial charge in [-0.25, -0.2) is 0 Å². The third-order valence-corrected chi connectivity index (χ3v) is 3.39. The highest BCUT2D eigenvalue weighted by Gasteiger charge is 2.20. The molecule has 0 unspecified atom stereocenters. The predicted octanol–water partition coefficient (Wildman–Crippen LogP) is 3.41. The van der Waals surface area contributed by atoms with Gasteiger partial charge in [0.2, 0.25) is 5.91 Å². The molecule has 0 spiro atoms. The number of carbonyl (C=O) groups is 2. The van der Waals surface area contributed by atoms with Crippen molar-refractivity contribution in [3.63, 3.8) is 0 Å². The van der Waals surface area contributed by atoms with E-state index in [1.165, 1.54) is 12.5 Å². The average Bonchev–Trinajstić information content (AvgIpc) is 2.36. The van der Waals surface area contributed by atoms with Crippen LogP contribution in [0, 0.1) is 5.92 Å². The van der Waals surface area contributed by atoms with E-state index in [9.17, 15) is 9.59 Å². The number of nitrogens with one attached hydrogen (secondary N) is 1. The summed E-state index contributed by atoms with van der Waals surface area (Å²) in [6.07, 6.45) is 5.30. The highest BCUT2D eigenvalue weighted by atomic mass is 16.2. The second kappa shape index (κ2) is 8.68. The van der Waals surface area contributed by atoms with Crippen molar-refractivity contribution in [3.8, 4) is 0 Å². The lowest BCUT2D eigenvalue weighted by atomic mass is 9.99. The lowest BCUT2D eigenvalue weighted by molar-refractivity contribution is -0.129. The molecular formula is C16H27NO2. The molecule has 0 rings (SSSR count). The molecule has 3 nitrogen and oxygen atoms in total. The molecule has 0 aliphatic heterocycles. The number of ketones is 1. The zero-order valence-corrected chi connectivity index (χ0v) is 13.0. The van der Waals surface area contributed by atoms with Crippen LogP contribution in [-0.2, 0) is 9.59 Å². The van der Waals surface area contributed by atoms with Crippen molar-refractivity contribution in [1.82, 2.24) is 5.32 Å². The average molecular weight is 265 g/mol. The smallest absolute Gasteiger partial charge is 0.223 e. The molecule has 1 N–H and O–H groups in total. The molecule has 0 aliphatic rings. The van der Waals surface area contributed by atoms with E-state index in [1.54, 1.807) is 0 Å². The zero-order valence-electron chi connectivity index (χ0n) is 13.0. The van der Waals surface area contributed by atoms with Gasteiger partial charge in [-0.05, 0) is 47.5 Å². The van der Waals surface area contributed by atoms with Crippen LogP contribution < -0.4 is 5.32 Å². The number of amides is 1. The van der Waals surface area contributed by atoms with Gasteiger partial charge in [0.15, 0.2) is 5.78 Å². The van der Waals surface area contributed by atoms with Gasteiger partial charge in [0.25, 0.3) is 0 Å². The molecule has 0 aromatic rings. The van der Waals surface area contributed by atoms with Crippen molar-refractivity contribution in [2.24, 2.45) is 5.92 Å². The van der Waals surface area contributed by atoms with E-state index in [-0.39, 0.29) is 17.6 Å². The first-order valence-corrected chi connectivity index (χ1v) is 6.86. The molecule has 0 saturated heterocycles. The van der Waals surface area contributed by atoms with Crippen LogP contribution in [0.15, 0.2) is 23.3 Å². The monoisotopic (exact) mass is 265 g/mol. The SMILES string of the molecule is C/C=C(\C)C[C@@H](C)C(=O)N[C@H](C/C(C)=C/C)C(C)=O. The van der Waals surface area contributed by atoms with Crippen molar-refractivity contribution >= 4 is 11.7 Å². The minimum Gasteiger partial charge on any atom is -0.346 e. The number of allylic oxidation sites excluding steroid dienone is 3. The van der Waals surface area contributed by atoms with E-state index in [2.05, 4.69) is 5.32 Å². The van der Waals surface area contributed by atoms with Crippen LogP contribution in [-0.4, -0.2) is 17.7 Å². The topological polar surface area (TPSA) is 46.2 Å². The fourth-order valence-electron chi connectivity index (χ4n) is 1.74. The molecule has 0 saturated carbocycles. The first-order valence-electron chi connectivity index (χ1n) is 6.86. The minimum atomic E-state index is -0.405. The first-order chi connectivity index (χ1) is 8.81. The third kappa shape index (κ3) is 6.94. The molecule has 2 atom stereocenters. The van der Waals surface area contributed by atoms with Crippen LogP contribution in [0.3, 0.4) is 0 Å². The molecule has 0 bridgehead atoms. The van der Waals surface area contributed by atoms with Crippen LogP contribution in [0.1, 0.15) is 54.4 Å². The Morgan fingerprint density at radius 3 is 1.89 bits per heavy atom. The first kappa shape index (κ1) is 17.6. The predicted molar refractivity (Wildman–Crippen MR) is 79.9 cm³/mol. The molecule has 108 valence electrons. The summed E-state index contributed by atoms with van der Waals surface area (Å²) in [7, 11) is 0. The van der Waals surface area contributed by atoms with Crippen molar-refractivity contribution in [2.75, 3.05) is 0 Å². The van der Waals surface area contributed by atoms with E-state index in [1.807, 2.05) is 46.8 Å². The summed E-state index contributed by atoms with van der Waals surface area (Å²) in [4.78, 5) is 23.6. The molecule has 0 aromatic heterocycles. The standard InChI is InChI=1S/C16H27NO2/c1-7-11(3)9-13(5)16(19)17-15(14(6)18)10-12(4)8-2/h7-8,13,15H,9-10H2,1-6H3,(H,17,19)/b11-7+,12-8+/t13-,15-/m1/s1. The lowest BCUT2D eigenvalue weighted by Gasteiger charge is -2.19. The van der Waals surface area contributed by atoms with Crippen molar-refractivity contribution in [3.05, 3.63) is 23.3 Å². The van der Waals surface area contributed by atoms with Gasteiger partial charge in [0.1, 0.15) is 0 Å². The maximum Gasteiger partial charge on any atom is 0.223 e. The Balaban J connectivity index is 4.59. The third-order valence-electron chi connectivity index (χ3n) is 3.39. The van der Waals surface area contributed by atoms with Crippen molar-refractivity contribution < 1.29 is 9.59 Å². The number of hydrogen-bond acceptors (Lipinski definition) is 2. The van der Waals surface area contributed by atoms with Crippen molar-refractivity contribution in [1.29, 1.82) is 0 Å². The number of Topliss-reactive ketones (excluding diaryl/α,β-unsaturated/α-hetero) is 1. The van der Waals surface area contributed by atoms with Gasteiger partial charge >= 0.3 is 0 Å². The largest absolute Gasteiger partial charge is 0.346 e. The van der Waals surface area contributed by atoms with E-state index in [4.69, 9.17) is 0 Å². The normalized spacial score (nSPS) is 15.9. The molecule has 0 aliphatic carbocycles. The summed E-state index contributed by atoms with van der Waals surface area (Å²) in [5.74, 6) is -0.154. The highest BCUT2D eigenvalue weighted by Crippen LogP contribution is 2.12. The minimum absolute atomic E-state index is 0.00417. The summed E-state index contributed by atoms with van der Waals surface area (Å²) >= 11 is 0. The summed E-state index contributed by atoms with van der Waals surface area (Å²) < 4.78 is 0. The van der Waals surface area contributed by atoms with E-state index in [0.717, 1.165) is 12.0 Å². The van der Waals surface area contributed by atoms with Crippen LogP contribution in [0.4, 0.5) is 0 Å². The summed E-state index contributed by atoms with van der Waals surface area (Å²) in [5, 5.41) is 2.85. The van der Waals surface area contributed by atoms with E-state index in [0.29, 0.717) is 6.42 Å². The Hall–Kier alpha value is -1.38. The highest BCUT2D eigenvalue weighted by molar-refractivity contribution is 5.88. The fourth-order valence-corrected chi connectivity index (χ4v) is 1.74. The fraction of sp³-hybridized carbons (Fsp3) is 0.625. The Morgan fingerprint density at radius 1 is 1.00 bits per heavy atom. The number of rotatable bonds is 7. The summed E-state index contributed by atoms with van der Waals surface area (Å²) in [5.41, 5.74) is 2.30. The van der Waals surface area contributed by atoms with Crippen LogP contribution in [0.5, 0.6) is 0 Å². The maximum atomic E-state index is 12.1. The Morgan fingerprint density at radius 2 is 1.47 bits per heavy atom. The van der Waals surface area contributed by atoms with Gasteiger partial charge < -0.3 is 5.32 Å². The van der Waals surface area contributed by atoms with Gasteiger partial charge in [-0.3, -0.25) is 9.59 Å². The molecule has 19 heavy (non-hydrogen) atoms. The molecule has 3 heteroatoms. The summed E-state index contributed by atoms with van der Waals surface area (Å²) in [6.45, 7) is 11.3. The Kier molecular flexibility index (Phi) is 8.05. The Labute approximate surface area is 117 Å². The molecule has 0 heterocycles. The second-order valence-electron chi connectivity index (χ2n) is 5.25. The van der Waals surface area contributed by atoms with Gasteiger partial charge in [-0.1, -0.05) is 30.2 Å². The summed E-state index contributed by atoms with van der Waals surface area (Å²) in [6, 6.07) is -0.405. The molecule has 0 aromatic carbocycles. The molecule has 1 amide bonds. The Bertz CT molecular complexity index is 380. The van der Waals surface area contributed by atoms with Gasteiger partial charge in [0, 0.05) is 5.92 Å². The quantitative estimate of drug-likeness (QED) is 0.717. The number of hydrogen-bond donors (Lipinski definition) is 1. The van der Waals surface area contributed by atoms with E-state index < -0.39 is 6.04 Å². The van der Waals surface area contributed by atoms with Crippen LogP contribution >= 0.6 is 0 Å². The molecule has 0 fully saturated rings. The van der Waals surface area contributed by atoms with Gasteiger partial charge in [-0.15, -0.1) is 0 Å². The zero-order chi connectivity index (χ0) is 15.0. The van der Waals surface area contributed by atoms with Crippen molar-refractivity contribution in [2.45, 2.75) is 60.4 Å². The van der Waals surface area contributed by atoms with Gasteiger partial charge in [-0.2, -0.15) is 0 Å².